The SMILES string of the molecule is Cn1c(OC[C@H]2CCCN2C(=O)OC(C)(C)C)nc(-c2ccncn2)cc1=O. The zero-order valence-corrected chi connectivity index (χ0v) is 16.6. The number of ether oxygens (including phenoxy) is 2. The molecule has 3 heterocycles. The number of hydrogen-bond donors (Lipinski definition) is 0. The Kier molecular flexibility index (Phi) is 5.62. The quantitative estimate of drug-likeness (QED) is 0.791. The van der Waals surface area contributed by atoms with Gasteiger partial charge in [0, 0.05) is 25.9 Å². The maximum Gasteiger partial charge on any atom is 0.410 e. The number of likely N-dealkylation sites (tertiary alicyclic amines) is 1. The molecule has 0 unspecified atom stereocenters. The van der Waals surface area contributed by atoms with Crippen molar-refractivity contribution >= 4 is 6.09 Å². The lowest BCUT2D eigenvalue weighted by Gasteiger charge is -2.28. The standard InChI is InChI=1S/C19H25N5O4/c1-19(2,3)28-18(26)24-9-5-6-13(24)11-27-17-22-15(10-16(25)23(17)4)14-7-8-20-12-21-14/h7-8,10,12-13H,5-6,9,11H2,1-4H3/t13-/m1/s1. The van der Waals surface area contributed by atoms with Gasteiger partial charge in [0.2, 0.25) is 0 Å². The van der Waals surface area contributed by atoms with Crippen LogP contribution in [0.3, 0.4) is 0 Å². The van der Waals surface area contributed by atoms with Crippen LogP contribution in [-0.4, -0.2) is 55.3 Å². The molecule has 1 aliphatic rings. The molecule has 1 fully saturated rings. The van der Waals surface area contributed by atoms with E-state index in [-0.39, 0.29) is 30.3 Å². The average molecular weight is 387 g/mol. The highest BCUT2D eigenvalue weighted by atomic mass is 16.6. The third kappa shape index (κ3) is 4.65. The molecule has 2 aromatic rings. The van der Waals surface area contributed by atoms with Crippen molar-refractivity contribution in [1.82, 2.24) is 24.4 Å². The van der Waals surface area contributed by atoms with Crippen LogP contribution in [0, 0.1) is 0 Å². The van der Waals surface area contributed by atoms with Crippen LogP contribution in [0.25, 0.3) is 11.4 Å². The first-order valence-corrected chi connectivity index (χ1v) is 9.21. The second-order valence-corrected chi connectivity index (χ2v) is 7.70. The summed E-state index contributed by atoms with van der Waals surface area (Å²) in [4.78, 5) is 38.8. The predicted molar refractivity (Wildman–Crippen MR) is 102 cm³/mol. The summed E-state index contributed by atoms with van der Waals surface area (Å²) in [5, 5.41) is 0. The molecular weight excluding hydrogens is 362 g/mol. The summed E-state index contributed by atoms with van der Waals surface area (Å²) in [5.74, 6) is 0. The van der Waals surface area contributed by atoms with E-state index in [1.807, 2.05) is 20.8 Å². The van der Waals surface area contributed by atoms with Gasteiger partial charge in [-0.2, -0.15) is 4.98 Å². The molecule has 0 aromatic carbocycles. The number of amides is 1. The summed E-state index contributed by atoms with van der Waals surface area (Å²) in [6, 6.07) is 3.12. The van der Waals surface area contributed by atoms with Crippen LogP contribution in [0.1, 0.15) is 33.6 Å². The molecule has 0 spiro atoms. The minimum atomic E-state index is -0.553. The molecule has 9 nitrogen and oxygen atoms in total. The van der Waals surface area contributed by atoms with Crippen LogP contribution in [0.5, 0.6) is 6.01 Å². The lowest BCUT2D eigenvalue weighted by atomic mass is 10.2. The van der Waals surface area contributed by atoms with Crippen molar-refractivity contribution in [2.75, 3.05) is 13.2 Å². The molecule has 3 rings (SSSR count). The van der Waals surface area contributed by atoms with Crippen LogP contribution < -0.4 is 10.3 Å². The van der Waals surface area contributed by atoms with E-state index >= 15 is 0 Å². The summed E-state index contributed by atoms with van der Waals surface area (Å²) in [6.45, 7) is 6.36. The van der Waals surface area contributed by atoms with Gasteiger partial charge >= 0.3 is 6.09 Å². The van der Waals surface area contributed by atoms with E-state index in [1.165, 1.54) is 17.0 Å². The van der Waals surface area contributed by atoms with Gasteiger partial charge in [-0.05, 0) is 39.7 Å². The molecule has 150 valence electrons. The molecule has 1 atom stereocenters. The van der Waals surface area contributed by atoms with Crippen molar-refractivity contribution in [1.29, 1.82) is 0 Å². The monoisotopic (exact) mass is 387 g/mol. The van der Waals surface area contributed by atoms with Crippen molar-refractivity contribution < 1.29 is 14.3 Å². The molecule has 0 radical (unpaired) electrons. The van der Waals surface area contributed by atoms with Gasteiger partial charge in [-0.15, -0.1) is 0 Å². The van der Waals surface area contributed by atoms with Crippen LogP contribution >= 0.6 is 0 Å². The summed E-state index contributed by atoms with van der Waals surface area (Å²) >= 11 is 0. The van der Waals surface area contributed by atoms with Crippen molar-refractivity contribution in [3.63, 3.8) is 0 Å². The Morgan fingerprint density at radius 3 is 2.79 bits per heavy atom. The van der Waals surface area contributed by atoms with E-state index in [9.17, 15) is 9.59 Å². The van der Waals surface area contributed by atoms with Gasteiger partial charge in [0.15, 0.2) is 0 Å². The fraction of sp³-hybridized carbons (Fsp3) is 0.526. The minimum Gasteiger partial charge on any atom is -0.462 e. The lowest BCUT2D eigenvalue weighted by Crippen LogP contribution is -2.42. The fourth-order valence-corrected chi connectivity index (χ4v) is 2.96. The summed E-state index contributed by atoms with van der Waals surface area (Å²) in [7, 11) is 1.59. The second kappa shape index (κ2) is 7.95. The van der Waals surface area contributed by atoms with E-state index in [2.05, 4.69) is 15.0 Å². The van der Waals surface area contributed by atoms with Crippen LogP contribution in [0.15, 0.2) is 29.5 Å². The normalized spacial score (nSPS) is 16.9. The van der Waals surface area contributed by atoms with E-state index in [0.717, 1.165) is 12.8 Å². The Morgan fingerprint density at radius 2 is 2.11 bits per heavy atom. The largest absolute Gasteiger partial charge is 0.462 e. The van der Waals surface area contributed by atoms with Gasteiger partial charge in [-0.3, -0.25) is 9.36 Å². The number of hydrogen-bond acceptors (Lipinski definition) is 7. The van der Waals surface area contributed by atoms with Gasteiger partial charge in [0.25, 0.3) is 11.6 Å². The van der Waals surface area contributed by atoms with Crippen molar-refractivity contribution in [3.05, 3.63) is 35.0 Å². The van der Waals surface area contributed by atoms with Crippen LogP contribution in [0.2, 0.25) is 0 Å². The number of nitrogens with zero attached hydrogens (tertiary/aromatic N) is 5. The molecule has 2 aromatic heterocycles. The highest BCUT2D eigenvalue weighted by Crippen LogP contribution is 2.22. The Balaban J connectivity index is 1.74. The average Bonchev–Trinajstić information content (AvgIpc) is 3.11. The number of carbonyl (C=O) groups is 1. The van der Waals surface area contributed by atoms with Gasteiger partial charge in [-0.25, -0.2) is 14.8 Å². The Labute approximate surface area is 163 Å². The first-order chi connectivity index (χ1) is 13.2. The maximum absolute atomic E-state index is 12.4. The molecule has 1 saturated heterocycles. The first-order valence-electron chi connectivity index (χ1n) is 9.21. The first kappa shape index (κ1) is 19.8. The number of rotatable bonds is 4. The smallest absolute Gasteiger partial charge is 0.410 e. The van der Waals surface area contributed by atoms with E-state index in [4.69, 9.17) is 9.47 Å². The zero-order chi connectivity index (χ0) is 20.3. The second-order valence-electron chi connectivity index (χ2n) is 7.70. The van der Waals surface area contributed by atoms with Gasteiger partial charge in [0.1, 0.15) is 18.5 Å². The van der Waals surface area contributed by atoms with Gasteiger partial charge in [-0.1, -0.05) is 0 Å². The highest BCUT2D eigenvalue weighted by molar-refractivity contribution is 5.69. The van der Waals surface area contributed by atoms with E-state index < -0.39 is 5.60 Å². The Hall–Kier alpha value is -2.97. The minimum absolute atomic E-state index is 0.130. The summed E-state index contributed by atoms with van der Waals surface area (Å²) in [5.41, 5.74) is 0.140. The van der Waals surface area contributed by atoms with Crippen LogP contribution in [0.4, 0.5) is 4.79 Å². The zero-order valence-electron chi connectivity index (χ0n) is 16.6. The van der Waals surface area contributed by atoms with Gasteiger partial charge < -0.3 is 14.4 Å². The molecule has 0 N–H and O–H groups in total. The lowest BCUT2D eigenvalue weighted by molar-refractivity contribution is 0.0182. The molecule has 0 bridgehead atoms. The molecular formula is C19H25N5O4. The Bertz CT molecular complexity index is 891. The van der Waals surface area contributed by atoms with E-state index in [1.54, 1.807) is 24.2 Å². The van der Waals surface area contributed by atoms with Gasteiger partial charge in [0.05, 0.1) is 17.4 Å². The van der Waals surface area contributed by atoms with Crippen molar-refractivity contribution in [2.24, 2.45) is 7.05 Å². The topological polar surface area (TPSA) is 99.4 Å². The maximum atomic E-state index is 12.4. The predicted octanol–water partition coefficient (Wildman–Crippen LogP) is 2.02. The number of aromatic nitrogens is 4. The third-order valence-corrected chi connectivity index (χ3v) is 4.35. The molecule has 28 heavy (non-hydrogen) atoms. The van der Waals surface area contributed by atoms with Crippen molar-refractivity contribution in [2.45, 2.75) is 45.3 Å². The molecule has 1 amide bonds. The molecule has 0 aliphatic carbocycles. The van der Waals surface area contributed by atoms with E-state index in [0.29, 0.717) is 17.9 Å². The molecule has 1 aliphatic heterocycles. The van der Waals surface area contributed by atoms with Crippen LogP contribution in [-0.2, 0) is 11.8 Å². The molecule has 0 saturated carbocycles. The molecule has 9 heteroatoms. The third-order valence-electron chi connectivity index (χ3n) is 4.35. The highest BCUT2D eigenvalue weighted by Gasteiger charge is 2.32. The summed E-state index contributed by atoms with van der Waals surface area (Å²) < 4.78 is 12.6. The van der Waals surface area contributed by atoms with Crippen molar-refractivity contribution in [3.8, 4) is 17.4 Å². The number of carbonyl (C=O) groups excluding carboxylic acids is 1. The summed E-state index contributed by atoms with van der Waals surface area (Å²) in [6.07, 6.45) is 4.31. The fourth-order valence-electron chi connectivity index (χ4n) is 2.96. The Morgan fingerprint density at radius 1 is 1.32 bits per heavy atom.